The second kappa shape index (κ2) is 8.03. The largest absolute Gasteiger partial charge is 0.490 e. The number of hydrogen-bond donors (Lipinski definition) is 2. The van der Waals surface area contributed by atoms with Crippen molar-refractivity contribution in [3.63, 3.8) is 0 Å². The van der Waals surface area contributed by atoms with E-state index in [1.54, 1.807) is 24.3 Å². The first-order valence-electron chi connectivity index (χ1n) is 8.73. The lowest BCUT2D eigenvalue weighted by atomic mass is 10.1. The van der Waals surface area contributed by atoms with Gasteiger partial charge in [0.15, 0.2) is 0 Å². The molecule has 3 N–H and O–H groups in total. The van der Waals surface area contributed by atoms with Gasteiger partial charge in [-0.05, 0) is 69.3 Å². The van der Waals surface area contributed by atoms with Crippen molar-refractivity contribution in [3.8, 4) is 5.75 Å². The van der Waals surface area contributed by atoms with Crippen LogP contribution >= 0.6 is 0 Å². The number of carbonyl (C=O) groups excluding carboxylic acids is 1. The average molecular weight is 339 g/mol. The minimum absolute atomic E-state index is 0.180. The molecule has 0 aliphatic carbocycles. The van der Waals surface area contributed by atoms with Gasteiger partial charge in [0.25, 0.3) is 5.91 Å². The SMILES string of the molecule is CN1CCCC(Oc2ccc(C(=O)Nc3ccccc3N)cc2)CC1. The lowest BCUT2D eigenvalue weighted by molar-refractivity contribution is 0.102. The van der Waals surface area contributed by atoms with E-state index in [0.29, 0.717) is 16.9 Å². The van der Waals surface area contributed by atoms with Crippen LogP contribution in [0, 0.1) is 0 Å². The second-order valence-corrected chi connectivity index (χ2v) is 6.54. The molecule has 1 saturated heterocycles. The Bertz CT molecular complexity index is 715. The molecule has 0 spiro atoms. The molecule has 2 aromatic carbocycles. The van der Waals surface area contributed by atoms with E-state index in [0.717, 1.165) is 38.1 Å². The number of benzene rings is 2. The standard InChI is InChI=1S/C20H25N3O2/c1-23-13-4-5-16(12-14-23)25-17-10-8-15(9-11-17)20(24)22-19-7-3-2-6-18(19)21/h2-3,6-11,16H,4-5,12-14,21H2,1H3,(H,22,24). The fraction of sp³-hybridized carbons (Fsp3) is 0.350. The van der Waals surface area contributed by atoms with Crippen molar-refractivity contribution in [2.75, 3.05) is 31.2 Å². The van der Waals surface area contributed by atoms with Gasteiger partial charge >= 0.3 is 0 Å². The average Bonchev–Trinajstić information content (AvgIpc) is 2.82. The first-order valence-corrected chi connectivity index (χ1v) is 8.73. The number of rotatable bonds is 4. The predicted molar refractivity (Wildman–Crippen MR) is 101 cm³/mol. The van der Waals surface area contributed by atoms with E-state index in [4.69, 9.17) is 10.5 Å². The molecule has 25 heavy (non-hydrogen) atoms. The molecule has 1 atom stereocenters. The van der Waals surface area contributed by atoms with Crippen LogP contribution in [0.1, 0.15) is 29.6 Å². The molecule has 0 radical (unpaired) electrons. The first-order chi connectivity index (χ1) is 12.1. The number of nitrogens with two attached hydrogens (primary N) is 1. The molecule has 1 unspecified atom stereocenters. The van der Waals surface area contributed by atoms with Crippen molar-refractivity contribution in [1.29, 1.82) is 0 Å². The molecule has 132 valence electrons. The van der Waals surface area contributed by atoms with Crippen LogP contribution in [0.5, 0.6) is 5.75 Å². The number of carbonyl (C=O) groups is 1. The van der Waals surface area contributed by atoms with Crippen LogP contribution < -0.4 is 15.8 Å². The van der Waals surface area contributed by atoms with E-state index in [2.05, 4.69) is 17.3 Å². The summed E-state index contributed by atoms with van der Waals surface area (Å²) in [6.45, 7) is 2.19. The number of nitrogens with zero attached hydrogens (tertiary/aromatic N) is 1. The number of hydrogen-bond acceptors (Lipinski definition) is 4. The first kappa shape index (κ1) is 17.3. The fourth-order valence-electron chi connectivity index (χ4n) is 3.01. The zero-order chi connectivity index (χ0) is 17.6. The Morgan fingerprint density at radius 2 is 1.88 bits per heavy atom. The highest BCUT2D eigenvalue weighted by Gasteiger charge is 2.16. The summed E-state index contributed by atoms with van der Waals surface area (Å²) in [5.41, 5.74) is 7.61. The summed E-state index contributed by atoms with van der Waals surface area (Å²) < 4.78 is 6.08. The minimum Gasteiger partial charge on any atom is -0.490 e. The molecule has 3 rings (SSSR count). The van der Waals surface area contributed by atoms with E-state index in [1.165, 1.54) is 0 Å². The van der Waals surface area contributed by atoms with E-state index in [9.17, 15) is 4.79 Å². The van der Waals surface area contributed by atoms with Gasteiger partial charge in [0, 0.05) is 12.1 Å². The molecule has 5 nitrogen and oxygen atoms in total. The summed E-state index contributed by atoms with van der Waals surface area (Å²) in [6.07, 6.45) is 3.50. The Labute approximate surface area is 148 Å². The molecule has 1 aliphatic rings. The molecule has 0 saturated carbocycles. The normalized spacial score (nSPS) is 18.4. The van der Waals surface area contributed by atoms with E-state index >= 15 is 0 Å². The van der Waals surface area contributed by atoms with Gasteiger partial charge in [-0.15, -0.1) is 0 Å². The summed E-state index contributed by atoms with van der Waals surface area (Å²) in [5.74, 6) is 0.630. The molecule has 2 aromatic rings. The smallest absolute Gasteiger partial charge is 0.255 e. The van der Waals surface area contributed by atoms with Gasteiger partial charge in [0.1, 0.15) is 5.75 Å². The number of amides is 1. The maximum Gasteiger partial charge on any atom is 0.255 e. The lowest BCUT2D eigenvalue weighted by Gasteiger charge is -2.17. The molecular weight excluding hydrogens is 314 g/mol. The Kier molecular flexibility index (Phi) is 5.56. The van der Waals surface area contributed by atoms with E-state index in [1.807, 2.05) is 24.3 Å². The van der Waals surface area contributed by atoms with Gasteiger partial charge in [-0.2, -0.15) is 0 Å². The maximum atomic E-state index is 12.3. The van der Waals surface area contributed by atoms with Gasteiger partial charge < -0.3 is 20.7 Å². The van der Waals surface area contributed by atoms with Crippen molar-refractivity contribution in [1.82, 2.24) is 4.90 Å². The highest BCUT2D eigenvalue weighted by Crippen LogP contribution is 2.21. The van der Waals surface area contributed by atoms with Crippen molar-refractivity contribution >= 4 is 17.3 Å². The third-order valence-electron chi connectivity index (χ3n) is 4.53. The molecule has 1 fully saturated rings. The fourth-order valence-corrected chi connectivity index (χ4v) is 3.01. The monoisotopic (exact) mass is 339 g/mol. The van der Waals surface area contributed by atoms with Crippen LogP contribution in [0.25, 0.3) is 0 Å². The quantitative estimate of drug-likeness (QED) is 0.838. The molecular formula is C20H25N3O2. The number of para-hydroxylation sites is 2. The highest BCUT2D eigenvalue weighted by atomic mass is 16.5. The third-order valence-corrected chi connectivity index (χ3v) is 4.53. The highest BCUT2D eigenvalue weighted by molar-refractivity contribution is 6.05. The summed E-state index contributed by atoms with van der Waals surface area (Å²) in [4.78, 5) is 14.7. The summed E-state index contributed by atoms with van der Waals surface area (Å²) in [5, 5.41) is 2.83. The third kappa shape index (κ3) is 4.73. The van der Waals surface area contributed by atoms with Crippen LogP contribution in [0.2, 0.25) is 0 Å². The van der Waals surface area contributed by atoms with Gasteiger partial charge in [-0.3, -0.25) is 4.79 Å². The van der Waals surface area contributed by atoms with E-state index < -0.39 is 0 Å². The van der Waals surface area contributed by atoms with Crippen LogP contribution in [-0.4, -0.2) is 37.0 Å². The Hall–Kier alpha value is -2.53. The van der Waals surface area contributed by atoms with Crippen molar-refractivity contribution in [2.45, 2.75) is 25.4 Å². The summed E-state index contributed by atoms with van der Waals surface area (Å²) in [6, 6.07) is 14.5. The minimum atomic E-state index is -0.180. The van der Waals surface area contributed by atoms with Crippen LogP contribution in [0.15, 0.2) is 48.5 Å². The van der Waals surface area contributed by atoms with Crippen LogP contribution in [-0.2, 0) is 0 Å². The van der Waals surface area contributed by atoms with E-state index in [-0.39, 0.29) is 12.0 Å². The summed E-state index contributed by atoms with van der Waals surface area (Å²) in [7, 11) is 2.15. The number of nitrogens with one attached hydrogen (secondary N) is 1. The van der Waals surface area contributed by atoms with Gasteiger partial charge in [0.2, 0.25) is 0 Å². The van der Waals surface area contributed by atoms with Gasteiger partial charge in [-0.25, -0.2) is 0 Å². The molecule has 0 aromatic heterocycles. The predicted octanol–water partition coefficient (Wildman–Crippen LogP) is 3.38. The number of anilines is 2. The molecule has 1 heterocycles. The van der Waals surface area contributed by atoms with Crippen molar-refractivity contribution in [3.05, 3.63) is 54.1 Å². The lowest BCUT2D eigenvalue weighted by Crippen LogP contribution is -2.21. The number of ether oxygens (including phenoxy) is 1. The molecule has 1 amide bonds. The summed E-state index contributed by atoms with van der Waals surface area (Å²) >= 11 is 0. The maximum absolute atomic E-state index is 12.3. The van der Waals surface area contributed by atoms with Crippen LogP contribution in [0.3, 0.4) is 0 Å². The van der Waals surface area contributed by atoms with Crippen molar-refractivity contribution < 1.29 is 9.53 Å². The number of nitrogen functional groups attached to an aromatic ring is 1. The topological polar surface area (TPSA) is 67.6 Å². The Balaban J connectivity index is 1.60. The Morgan fingerprint density at radius 1 is 1.12 bits per heavy atom. The van der Waals surface area contributed by atoms with Crippen LogP contribution in [0.4, 0.5) is 11.4 Å². The van der Waals surface area contributed by atoms with Gasteiger partial charge in [0.05, 0.1) is 17.5 Å². The zero-order valence-corrected chi connectivity index (χ0v) is 14.6. The zero-order valence-electron chi connectivity index (χ0n) is 14.6. The van der Waals surface area contributed by atoms with Crippen molar-refractivity contribution in [2.24, 2.45) is 0 Å². The molecule has 0 bridgehead atoms. The van der Waals surface area contributed by atoms with Gasteiger partial charge in [-0.1, -0.05) is 12.1 Å². The molecule has 5 heteroatoms. The molecule has 1 aliphatic heterocycles. The Morgan fingerprint density at radius 3 is 2.64 bits per heavy atom. The second-order valence-electron chi connectivity index (χ2n) is 6.54. The number of likely N-dealkylation sites (tertiary alicyclic amines) is 1.